The Morgan fingerprint density at radius 3 is 1.80 bits per heavy atom. The van der Waals surface area contributed by atoms with Crippen LogP contribution in [0.3, 0.4) is 0 Å². The van der Waals surface area contributed by atoms with Crippen LogP contribution in [0.25, 0.3) is 0 Å². The number of ketones is 1. The van der Waals surface area contributed by atoms with Gasteiger partial charge in [0.25, 0.3) is 0 Å². The van der Waals surface area contributed by atoms with E-state index >= 15 is 0 Å². The van der Waals surface area contributed by atoms with Crippen LogP contribution in [-0.2, 0) is 9.59 Å². The molecule has 54 valence electrons. The zero-order valence-electron chi connectivity index (χ0n) is 4.73. The Morgan fingerprint density at radius 1 is 1.30 bits per heavy atom. The van der Waals surface area contributed by atoms with Crippen LogP contribution < -0.4 is 0 Å². The molecule has 0 aliphatic heterocycles. The van der Waals surface area contributed by atoms with E-state index in [2.05, 4.69) is 7.85 Å². The van der Waals surface area contributed by atoms with Crippen LogP contribution in [0.15, 0.2) is 0 Å². The molecule has 0 heterocycles. The molecule has 0 unspecified atom stereocenters. The minimum atomic E-state index is -4.95. The van der Waals surface area contributed by atoms with E-state index in [0.29, 0.717) is 0 Å². The van der Waals surface area contributed by atoms with E-state index in [9.17, 15) is 22.8 Å². The van der Waals surface area contributed by atoms with Gasteiger partial charge in [0.15, 0.2) is 7.85 Å². The molecule has 0 rings (SSSR count). The maximum Gasteiger partial charge on any atom is 0.450 e. The summed E-state index contributed by atoms with van der Waals surface area (Å²) in [7, 11) is 4.33. The number of Topliss-reactive ketones (excluding diaryl/α,β-unsaturated/α-hetero) is 1. The highest BCUT2D eigenvalue weighted by Crippen LogP contribution is 2.17. The first-order chi connectivity index (χ1) is 4.34. The molecular weight excluding hydrogens is 148 g/mol. The molecule has 6 heteroatoms. The average Bonchev–Trinajstić information content (AvgIpc) is 1.60. The molecule has 0 aliphatic carbocycles. The van der Waals surface area contributed by atoms with E-state index in [1.54, 1.807) is 0 Å². The molecule has 0 saturated heterocycles. The summed E-state index contributed by atoms with van der Waals surface area (Å²) < 4.78 is 33.8. The summed E-state index contributed by atoms with van der Waals surface area (Å²) in [5.41, 5.74) is -1.28. The third-order valence-electron chi connectivity index (χ3n) is 0.651. The van der Waals surface area contributed by atoms with E-state index in [-0.39, 0.29) is 0 Å². The molecule has 0 atom stereocenters. The van der Waals surface area contributed by atoms with Gasteiger partial charge in [0.1, 0.15) is 0 Å². The van der Waals surface area contributed by atoms with Crippen molar-refractivity contribution in [2.24, 2.45) is 0 Å². The fourth-order valence-corrected chi connectivity index (χ4v) is 0.258. The van der Waals surface area contributed by atoms with Gasteiger partial charge in [-0.25, -0.2) is 0 Å². The van der Waals surface area contributed by atoms with Gasteiger partial charge in [-0.15, -0.1) is 0 Å². The van der Waals surface area contributed by atoms with Crippen LogP contribution in [0.2, 0.25) is 0 Å². The number of halogens is 3. The normalized spacial score (nSPS) is 11.1. The summed E-state index contributed by atoms with van der Waals surface area (Å²) in [5.74, 6) is -2.11. The zero-order valence-corrected chi connectivity index (χ0v) is 4.73. The Labute approximate surface area is 55.8 Å². The SMILES string of the molecule is [B]C(=O)CC(=O)C(F)(F)F. The second-order valence-corrected chi connectivity index (χ2v) is 1.56. The van der Waals surface area contributed by atoms with Crippen molar-refractivity contribution in [2.45, 2.75) is 12.6 Å². The maximum atomic E-state index is 11.3. The third kappa shape index (κ3) is 3.27. The standard InChI is InChI=1S/C4H2BF3O2/c5-3(10)1-2(9)4(6,7)8/h1H2. The van der Waals surface area contributed by atoms with E-state index in [1.807, 2.05) is 0 Å². The Morgan fingerprint density at radius 2 is 1.70 bits per heavy atom. The van der Waals surface area contributed by atoms with Crippen LogP contribution in [-0.4, -0.2) is 25.5 Å². The van der Waals surface area contributed by atoms with Gasteiger partial charge in [-0.1, -0.05) is 0 Å². The lowest BCUT2D eigenvalue weighted by molar-refractivity contribution is -0.171. The highest BCUT2D eigenvalue weighted by molar-refractivity contribution is 6.59. The fraction of sp³-hybridized carbons (Fsp3) is 0.500. The molecule has 0 spiro atoms. The Kier molecular flexibility index (Phi) is 2.62. The zero-order chi connectivity index (χ0) is 8.36. The average molecular weight is 150 g/mol. The lowest BCUT2D eigenvalue weighted by Gasteiger charge is -2.01. The predicted molar refractivity (Wildman–Crippen MR) is 26.4 cm³/mol. The molecule has 2 nitrogen and oxygen atoms in total. The molecule has 0 aromatic heterocycles. The van der Waals surface area contributed by atoms with Crippen molar-refractivity contribution < 1.29 is 22.8 Å². The van der Waals surface area contributed by atoms with Gasteiger partial charge < -0.3 is 4.79 Å². The third-order valence-corrected chi connectivity index (χ3v) is 0.651. The molecule has 0 aromatic carbocycles. The summed E-state index contributed by atoms with van der Waals surface area (Å²) >= 11 is 0. The molecule has 0 saturated carbocycles. The first-order valence-electron chi connectivity index (χ1n) is 2.22. The van der Waals surface area contributed by atoms with Gasteiger partial charge in [-0.2, -0.15) is 13.2 Å². The largest absolute Gasteiger partial charge is 0.450 e. The molecule has 0 fully saturated rings. The highest BCUT2D eigenvalue weighted by Gasteiger charge is 2.38. The fourth-order valence-electron chi connectivity index (χ4n) is 0.258. The minimum absolute atomic E-state index is 1.27. The number of hydrogen-bond donors (Lipinski definition) is 0. The number of carbonyl (C=O) groups is 2. The van der Waals surface area contributed by atoms with E-state index in [1.165, 1.54) is 0 Å². The molecule has 0 amide bonds. The van der Waals surface area contributed by atoms with Gasteiger partial charge in [-0.05, 0) is 0 Å². The number of rotatable bonds is 2. The quantitative estimate of drug-likeness (QED) is 0.416. The Bertz CT molecular complexity index is 162. The molecule has 0 N–H and O–H groups in total. The van der Waals surface area contributed by atoms with Crippen molar-refractivity contribution in [2.75, 3.05) is 0 Å². The van der Waals surface area contributed by atoms with Crippen LogP contribution in [0, 0.1) is 0 Å². The van der Waals surface area contributed by atoms with Crippen molar-refractivity contribution in [3.05, 3.63) is 0 Å². The van der Waals surface area contributed by atoms with Crippen molar-refractivity contribution in [3.63, 3.8) is 0 Å². The van der Waals surface area contributed by atoms with Crippen LogP contribution in [0.1, 0.15) is 6.42 Å². The molecule has 10 heavy (non-hydrogen) atoms. The summed E-state index contributed by atoms with van der Waals surface area (Å²) in [6.45, 7) is 0. The van der Waals surface area contributed by atoms with Gasteiger partial charge in [0, 0.05) is 0 Å². The van der Waals surface area contributed by atoms with Gasteiger partial charge >= 0.3 is 6.18 Å². The lowest BCUT2D eigenvalue weighted by atomic mass is 9.97. The summed E-state index contributed by atoms with van der Waals surface area (Å²) in [5, 5.41) is 0. The summed E-state index contributed by atoms with van der Waals surface area (Å²) in [6.07, 6.45) is -6.22. The molecule has 2 radical (unpaired) electrons. The van der Waals surface area contributed by atoms with E-state index < -0.39 is 24.1 Å². The van der Waals surface area contributed by atoms with Crippen LogP contribution in [0.5, 0.6) is 0 Å². The number of carbonyl (C=O) groups excluding carboxylic acids is 2. The monoisotopic (exact) mass is 150 g/mol. The topological polar surface area (TPSA) is 34.1 Å². The minimum Gasteiger partial charge on any atom is -0.312 e. The second kappa shape index (κ2) is 2.85. The number of hydrogen-bond acceptors (Lipinski definition) is 2. The Balaban J connectivity index is 3.99. The van der Waals surface area contributed by atoms with Gasteiger partial charge in [-0.3, -0.25) is 4.79 Å². The first kappa shape index (κ1) is 9.19. The highest BCUT2D eigenvalue weighted by atomic mass is 19.4. The van der Waals surface area contributed by atoms with Gasteiger partial charge in [0.2, 0.25) is 5.78 Å². The lowest BCUT2D eigenvalue weighted by Crippen LogP contribution is -2.25. The molecule has 0 aliphatic rings. The predicted octanol–water partition coefficient (Wildman–Crippen LogP) is 0.203. The summed E-state index contributed by atoms with van der Waals surface area (Å²) in [4.78, 5) is 19.6. The van der Waals surface area contributed by atoms with Crippen molar-refractivity contribution in [1.29, 1.82) is 0 Å². The molecule has 0 bridgehead atoms. The molecule has 0 aromatic rings. The van der Waals surface area contributed by atoms with Crippen molar-refractivity contribution >= 4 is 19.3 Å². The molecular formula is C4H2BF3O2. The number of alkyl halides is 3. The Hall–Kier alpha value is -0.805. The smallest absolute Gasteiger partial charge is 0.312 e. The maximum absolute atomic E-state index is 11.3. The first-order valence-corrected chi connectivity index (χ1v) is 2.22. The van der Waals surface area contributed by atoms with Crippen LogP contribution >= 0.6 is 0 Å². The van der Waals surface area contributed by atoms with Crippen LogP contribution in [0.4, 0.5) is 13.2 Å². The van der Waals surface area contributed by atoms with Crippen molar-refractivity contribution in [3.8, 4) is 0 Å². The second-order valence-electron chi connectivity index (χ2n) is 1.56. The summed E-state index contributed by atoms with van der Waals surface area (Å²) in [6, 6.07) is 0. The van der Waals surface area contributed by atoms with E-state index in [0.717, 1.165) is 0 Å². The van der Waals surface area contributed by atoms with E-state index in [4.69, 9.17) is 0 Å². The van der Waals surface area contributed by atoms with Crippen molar-refractivity contribution in [1.82, 2.24) is 0 Å². The van der Waals surface area contributed by atoms with Gasteiger partial charge in [0.05, 0.1) is 12.1 Å².